The van der Waals surface area contributed by atoms with Gasteiger partial charge in [-0.25, -0.2) is 0 Å². The van der Waals surface area contributed by atoms with Gasteiger partial charge in [0, 0.05) is 32.8 Å². The lowest BCUT2D eigenvalue weighted by Gasteiger charge is -2.18. The molecule has 0 atom stereocenters. The molecule has 24 heavy (non-hydrogen) atoms. The van der Waals surface area contributed by atoms with E-state index in [2.05, 4.69) is 22.5 Å². The van der Waals surface area contributed by atoms with Crippen LogP contribution in [-0.4, -0.2) is 70.0 Å². The highest BCUT2D eigenvalue weighted by Gasteiger charge is 2.28. The normalized spacial score (nSPS) is 12.7. The van der Waals surface area contributed by atoms with E-state index in [4.69, 9.17) is 4.74 Å². The highest BCUT2D eigenvalue weighted by Crippen LogP contribution is 2.15. The summed E-state index contributed by atoms with van der Waals surface area (Å²) in [5, 5.41) is 6.26. The maximum absolute atomic E-state index is 12.2. The molecule has 0 amide bonds. The van der Waals surface area contributed by atoms with Crippen molar-refractivity contribution in [2.75, 3.05) is 53.0 Å². The Hall–Kier alpha value is -1.02. The highest BCUT2D eigenvalue weighted by atomic mass is 19.4. The Labute approximate surface area is 144 Å². The molecule has 0 aliphatic rings. The molecule has 5 nitrogen and oxygen atoms in total. The third-order valence-electron chi connectivity index (χ3n) is 3.16. The van der Waals surface area contributed by atoms with Crippen molar-refractivity contribution in [3.8, 4) is 0 Å². The molecule has 0 unspecified atom stereocenters. The SMILES string of the molecule is CCCCOCCCN=C(NCC)NCCCN(C)CC(F)(F)F. The predicted molar refractivity (Wildman–Crippen MR) is 92.5 cm³/mol. The van der Waals surface area contributed by atoms with E-state index in [0.29, 0.717) is 38.6 Å². The van der Waals surface area contributed by atoms with Gasteiger partial charge in [-0.15, -0.1) is 0 Å². The Kier molecular flexibility index (Phi) is 13.7. The van der Waals surface area contributed by atoms with Crippen molar-refractivity contribution in [2.45, 2.75) is 45.7 Å². The van der Waals surface area contributed by atoms with Gasteiger partial charge in [-0.1, -0.05) is 13.3 Å². The number of unbranched alkanes of at least 4 members (excludes halogenated alkanes) is 1. The summed E-state index contributed by atoms with van der Waals surface area (Å²) in [4.78, 5) is 5.71. The van der Waals surface area contributed by atoms with Crippen LogP contribution in [0.5, 0.6) is 0 Å². The van der Waals surface area contributed by atoms with Gasteiger partial charge in [0.2, 0.25) is 0 Å². The molecule has 0 aromatic carbocycles. The number of nitrogens with one attached hydrogen (secondary N) is 2. The number of hydrogen-bond acceptors (Lipinski definition) is 3. The molecular formula is C16H33F3N4O. The fourth-order valence-electron chi connectivity index (χ4n) is 1.99. The lowest BCUT2D eigenvalue weighted by Crippen LogP contribution is -2.39. The topological polar surface area (TPSA) is 48.9 Å². The van der Waals surface area contributed by atoms with E-state index in [1.165, 1.54) is 11.9 Å². The minimum Gasteiger partial charge on any atom is -0.381 e. The Balaban J connectivity index is 3.84. The van der Waals surface area contributed by atoms with Crippen LogP contribution in [0.3, 0.4) is 0 Å². The third kappa shape index (κ3) is 15.9. The molecule has 8 heteroatoms. The summed E-state index contributed by atoms with van der Waals surface area (Å²) < 4.78 is 42.1. The van der Waals surface area contributed by atoms with Crippen LogP contribution in [-0.2, 0) is 4.74 Å². The van der Waals surface area contributed by atoms with Crippen molar-refractivity contribution in [1.29, 1.82) is 0 Å². The van der Waals surface area contributed by atoms with Crippen LogP contribution in [0.4, 0.5) is 13.2 Å². The first-order valence-corrected chi connectivity index (χ1v) is 8.74. The summed E-state index contributed by atoms with van der Waals surface area (Å²) in [7, 11) is 1.48. The van der Waals surface area contributed by atoms with E-state index in [0.717, 1.165) is 32.4 Å². The van der Waals surface area contributed by atoms with Crippen molar-refractivity contribution >= 4 is 5.96 Å². The van der Waals surface area contributed by atoms with Gasteiger partial charge in [-0.3, -0.25) is 9.89 Å². The highest BCUT2D eigenvalue weighted by molar-refractivity contribution is 5.79. The van der Waals surface area contributed by atoms with Crippen molar-refractivity contribution < 1.29 is 17.9 Å². The number of guanidine groups is 1. The molecule has 0 aliphatic carbocycles. The number of halogens is 3. The molecule has 0 aliphatic heterocycles. The number of rotatable bonds is 13. The molecule has 0 aromatic rings. The number of hydrogen-bond donors (Lipinski definition) is 2. The maximum atomic E-state index is 12.2. The first-order valence-electron chi connectivity index (χ1n) is 8.74. The zero-order chi connectivity index (χ0) is 18.3. The van der Waals surface area contributed by atoms with Gasteiger partial charge < -0.3 is 15.4 Å². The number of nitrogens with zero attached hydrogens (tertiary/aromatic N) is 2. The van der Waals surface area contributed by atoms with Gasteiger partial charge >= 0.3 is 6.18 Å². The van der Waals surface area contributed by atoms with Crippen LogP contribution in [0, 0.1) is 0 Å². The summed E-state index contributed by atoms with van der Waals surface area (Å²) in [5.41, 5.74) is 0. The lowest BCUT2D eigenvalue weighted by molar-refractivity contribution is -0.143. The molecule has 0 spiro atoms. The largest absolute Gasteiger partial charge is 0.401 e. The molecule has 0 radical (unpaired) electrons. The lowest BCUT2D eigenvalue weighted by atomic mass is 10.3. The van der Waals surface area contributed by atoms with Crippen molar-refractivity contribution in [3.05, 3.63) is 0 Å². The van der Waals surface area contributed by atoms with E-state index in [-0.39, 0.29) is 0 Å². The molecular weight excluding hydrogens is 321 g/mol. The smallest absolute Gasteiger partial charge is 0.381 e. The van der Waals surface area contributed by atoms with E-state index < -0.39 is 12.7 Å². The number of alkyl halides is 3. The van der Waals surface area contributed by atoms with Gasteiger partial charge in [-0.05, 0) is 39.8 Å². The molecule has 0 fully saturated rings. The summed E-state index contributed by atoms with van der Waals surface area (Å²) in [6.45, 7) is 7.10. The standard InChI is InChI=1S/C16H33F3N4O/c1-4-6-12-24-13-8-10-22-15(20-5-2)21-9-7-11-23(3)14-16(17,18)19/h4-14H2,1-3H3,(H2,20,21,22). The molecule has 0 aromatic heterocycles. The summed E-state index contributed by atoms with van der Waals surface area (Å²) >= 11 is 0. The van der Waals surface area contributed by atoms with Crippen molar-refractivity contribution in [3.63, 3.8) is 0 Å². The second kappa shape index (κ2) is 14.3. The van der Waals surface area contributed by atoms with Gasteiger partial charge in [0.05, 0.1) is 6.54 Å². The predicted octanol–water partition coefficient (Wildman–Crippen LogP) is 2.63. The minimum absolute atomic E-state index is 0.386. The summed E-state index contributed by atoms with van der Waals surface area (Å²) in [6.07, 6.45) is -0.454. The third-order valence-corrected chi connectivity index (χ3v) is 3.16. The Morgan fingerprint density at radius 3 is 2.42 bits per heavy atom. The number of ether oxygens (including phenoxy) is 1. The Morgan fingerprint density at radius 2 is 1.79 bits per heavy atom. The summed E-state index contributed by atoms with van der Waals surface area (Å²) in [6, 6.07) is 0. The van der Waals surface area contributed by atoms with Gasteiger partial charge in [0.25, 0.3) is 0 Å². The van der Waals surface area contributed by atoms with E-state index >= 15 is 0 Å². The zero-order valence-corrected chi connectivity index (χ0v) is 15.2. The molecule has 0 heterocycles. The van der Waals surface area contributed by atoms with Crippen molar-refractivity contribution in [1.82, 2.24) is 15.5 Å². The Bertz CT molecular complexity index is 325. The minimum atomic E-state index is -4.14. The second-order valence-corrected chi connectivity index (χ2v) is 5.71. The van der Waals surface area contributed by atoms with Crippen LogP contribution < -0.4 is 10.6 Å². The van der Waals surface area contributed by atoms with Gasteiger partial charge in [-0.2, -0.15) is 13.2 Å². The maximum Gasteiger partial charge on any atom is 0.401 e. The van der Waals surface area contributed by atoms with Crippen LogP contribution >= 0.6 is 0 Å². The van der Waals surface area contributed by atoms with Gasteiger partial charge in [0.1, 0.15) is 0 Å². The molecule has 0 saturated heterocycles. The van der Waals surface area contributed by atoms with E-state index in [9.17, 15) is 13.2 Å². The van der Waals surface area contributed by atoms with E-state index in [1.54, 1.807) is 0 Å². The van der Waals surface area contributed by atoms with Crippen molar-refractivity contribution in [2.24, 2.45) is 4.99 Å². The van der Waals surface area contributed by atoms with Crippen LogP contribution in [0.15, 0.2) is 4.99 Å². The number of aliphatic imine (C=N–C) groups is 1. The van der Waals surface area contributed by atoms with Gasteiger partial charge in [0.15, 0.2) is 5.96 Å². The average molecular weight is 354 g/mol. The summed E-state index contributed by atoms with van der Waals surface area (Å²) in [5.74, 6) is 0.699. The first kappa shape index (κ1) is 23.0. The first-order chi connectivity index (χ1) is 11.4. The quantitative estimate of drug-likeness (QED) is 0.303. The molecule has 0 bridgehead atoms. The monoisotopic (exact) mass is 354 g/mol. The van der Waals surface area contributed by atoms with Crippen LogP contribution in [0.1, 0.15) is 39.5 Å². The zero-order valence-electron chi connectivity index (χ0n) is 15.2. The molecule has 2 N–H and O–H groups in total. The molecule has 0 rings (SSSR count). The van der Waals surface area contributed by atoms with E-state index in [1.807, 2.05) is 6.92 Å². The molecule has 0 saturated carbocycles. The molecule has 144 valence electrons. The average Bonchev–Trinajstić information content (AvgIpc) is 2.48. The van der Waals surface area contributed by atoms with Crippen LogP contribution in [0.2, 0.25) is 0 Å². The second-order valence-electron chi connectivity index (χ2n) is 5.71. The van der Waals surface area contributed by atoms with Crippen LogP contribution in [0.25, 0.3) is 0 Å². The fourth-order valence-corrected chi connectivity index (χ4v) is 1.99. The Morgan fingerprint density at radius 1 is 1.08 bits per heavy atom. The fraction of sp³-hybridized carbons (Fsp3) is 0.938.